The molecule has 7 heteroatoms. The molecule has 2 heterocycles. The lowest BCUT2D eigenvalue weighted by molar-refractivity contribution is 0.617. The van der Waals surface area contributed by atoms with Gasteiger partial charge in [0, 0.05) is 18.3 Å². The summed E-state index contributed by atoms with van der Waals surface area (Å²) < 4.78 is 14.5. The zero-order valence-electron chi connectivity index (χ0n) is 11.6. The highest BCUT2D eigenvalue weighted by atomic mass is 32.1. The molecule has 0 saturated carbocycles. The highest BCUT2D eigenvalue weighted by Gasteiger charge is 2.07. The number of benzene rings is 1. The first-order valence-electron chi connectivity index (χ1n) is 6.39. The first kappa shape index (κ1) is 13.7. The Hall–Kier alpha value is -2.28. The van der Waals surface area contributed by atoms with Gasteiger partial charge >= 0.3 is 0 Å². The van der Waals surface area contributed by atoms with E-state index in [1.807, 2.05) is 0 Å². The van der Waals surface area contributed by atoms with Crippen molar-refractivity contribution in [3.63, 3.8) is 0 Å². The maximum absolute atomic E-state index is 13.2. The van der Waals surface area contributed by atoms with Crippen molar-refractivity contribution in [1.29, 1.82) is 0 Å². The molecule has 0 radical (unpaired) electrons. The summed E-state index contributed by atoms with van der Waals surface area (Å²) in [6.07, 6.45) is 0. The number of nitrogens with one attached hydrogen (secondary N) is 1. The average molecular weight is 304 g/mol. The molecule has 0 amide bonds. The van der Waals surface area contributed by atoms with Gasteiger partial charge in [-0.15, -0.1) is 5.10 Å². The molecule has 1 N–H and O–H groups in total. The van der Waals surface area contributed by atoms with Gasteiger partial charge in [0.2, 0.25) is 10.1 Å². The van der Waals surface area contributed by atoms with Gasteiger partial charge in [0.05, 0.1) is 0 Å². The standard InChI is InChI=1S/C14H13FN4OS/c1-8-5-10(3-4-11(8)15)7-16-13-18-19-12(20)6-9(2)17-14(19)21-13/h3-6H,7H2,1-2H3,(H,16,18). The van der Waals surface area contributed by atoms with Crippen LogP contribution in [-0.2, 0) is 6.54 Å². The Balaban J connectivity index is 1.83. The predicted molar refractivity (Wildman–Crippen MR) is 80.3 cm³/mol. The van der Waals surface area contributed by atoms with Crippen LogP contribution in [0.3, 0.4) is 0 Å². The number of aryl methyl sites for hydroxylation is 2. The minimum atomic E-state index is -0.218. The van der Waals surface area contributed by atoms with Crippen LogP contribution >= 0.6 is 11.3 Å². The number of anilines is 1. The van der Waals surface area contributed by atoms with Gasteiger partial charge < -0.3 is 5.32 Å². The van der Waals surface area contributed by atoms with Crippen LogP contribution in [0.1, 0.15) is 16.8 Å². The lowest BCUT2D eigenvalue weighted by Gasteiger charge is -2.04. The van der Waals surface area contributed by atoms with Gasteiger partial charge in [0.25, 0.3) is 5.56 Å². The van der Waals surface area contributed by atoms with Crippen molar-refractivity contribution in [3.8, 4) is 0 Å². The largest absolute Gasteiger partial charge is 0.356 e. The molecule has 0 aliphatic rings. The fourth-order valence-electron chi connectivity index (χ4n) is 1.99. The predicted octanol–water partition coefficient (Wildman–Crippen LogP) is 2.52. The smallest absolute Gasteiger partial charge is 0.275 e. The van der Waals surface area contributed by atoms with E-state index in [-0.39, 0.29) is 11.4 Å². The number of aromatic nitrogens is 3. The molecule has 0 aliphatic carbocycles. The van der Waals surface area contributed by atoms with Crippen molar-refractivity contribution in [1.82, 2.24) is 14.6 Å². The molecule has 0 atom stereocenters. The maximum Gasteiger partial charge on any atom is 0.275 e. The van der Waals surface area contributed by atoms with Crippen molar-refractivity contribution < 1.29 is 4.39 Å². The Kier molecular flexibility index (Phi) is 3.42. The zero-order valence-corrected chi connectivity index (χ0v) is 12.4. The molecule has 0 bridgehead atoms. The van der Waals surface area contributed by atoms with E-state index in [0.717, 1.165) is 5.56 Å². The molecule has 0 unspecified atom stereocenters. The van der Waals surface area contributed by atoms with E-state index in [2.05, 4.69) is 15.4 Å². The fourth-order valence-corrected chi connectivity index (χ4v) is 2.83. The minimum Gasteiger partial charge on any atom is -0.356 e. The fraction of sp³-hybridized carbons (Fsp3) is 0.214. The monoisotopic (exact) mass is 304 g/mol. The second-order valence-electron chi connectivity index (χ2n) is 4.77. The second kappa shape index (κ2) is 5.25. The zero-order chi connectivity index (χ0) is 15.0. The van der Waals surface area contributed by atoms with Crippen LogP contribution in [0, 0.1) is 19.7 Å². The molecule has 3 aromatic rings. The number of halogens is 1. The van der Waals surface area contributed by atoms with E-state index in [0.29, 0.717) is 27.9 Å². The molecule has 21 heavy (non-hydrogen) atoms. The normalized spacial score (nSPS) is 11.0. The van der Waals surface area contributed by atoms with E-state index >= 15 is 0 Å². The van der Waals surface area contributed by atoms with Gasteiger partial charge in [0.1, 0.15) is 5.82 Å². The molecule has 0 saturated heterocycles. The molecular weight excluding hydrogens is 291 g/mol. The number of fused-ring (bicyclic) bond motifs is 1. The Bertz CT molecular complexity index is 871. The summed E-state index contributed by atoms with van der Waals surface area (Å²) in [6, 6.07) is 6.39. The van der Waals surface area contributed by atoms with E-state index in [1.54, 1.807) is 26.0 Å². The summed E-state index contributed by atoms with van der Waals surface area (Å²) in [6.45, 7) is 4.01. The van der Waals surface area contributed by atoms with Crippen molar-refractivity contribution in [3.05, 3.63) is 57.3 Å². The highest BCUT2D eigenvalue weighted by molar-refractivity contribution is 7.20. The van der Waals surface area contributed by atoms with E-state index in [9.17, 15) is 9.18 Å². The van der Waals surface area contributed by atoms with Gasteiger partial charge in [-0.25, -0.2) is 9.37 Å². The van der Waals surface area contributed by atoms with Gasteiger partial charge in [-0.05, 0) is 31.0 Å². The van der Waals surface area contributed by atoms with Crippen LogP contribution in [0.15, 0.2) is 29.1 Å². The third-order valence-corrected chi connectivity index (χ3v) is 3.91. The Morgan fingerprint density at radius 2 is 2.14 bits per heavy atom. The molecule has 0 fully saturated rings. The SMILES string of the molecule is Cc1cc(=O)n2nc(NCc3ccc(F)c(C)c3)sc2n1. The summed E-state index contributed by atoms with van der Waals surface area (Å²) in [5.41, 5.74) is 2.03. The van der Waals surface area contributed by atoms with Gasteiger partial charge in [0.15, 0.2) is 0 Å². The topological polar surface area (TPSA) is 59.3 Å². The van der Waals surface area contributed by atoms with Crippen LogP contribution < -0.4 is 10.9 Å². The molecule has 2 aromatic heterocycles. The Morgan fingerprint density at radius 3 is 2.90 bits per heavy atom. The molecule has 5 nitrogen and oxygen atoms in total. The minimum absolute atomic E-state index is 0.195. The summed E-state index contributed by atoms with van der Waals surface area (Å²) in [4.78, 5) is 16.6. The van der Waals surface area contributed by atoms with Gasteiger partial charge in [-0.2, -0.15) is 4.52 Å². The van der Waals surface area contributed by atoms with Crippen molar-refractivity contribution in [2.45, 2.75) is 20.4 Å². The van der Waals surface area contributed by atoms with Crippen LogP contribution in [0.2, 0.25) is 0 Å². The average Bonchev–Trinajstić information content (AvgIpc) is 2.83. The summed E-state index contributed by atoms with van der Waals surface area (Å²) in [5.74, 6) is -0.218. The van der Waals surface area contributed by atoms with Crippen molar-refractivity contribution >= 4 is 21.4 Å². The van der Waals surface area contributed by atoms with Crippen molar-refractivity contribution in [2.75, 3.05) is 5.32 Å². The molecule has 0 spiro atoms. The number of hydrogen-bond acceptors (Lipinski definition) is 5. The van der Waals surface area contributed by atoms with Crippen LogP contribution in [0.5, 0.6) is 0 Å². The van der Waals surface area contributed by atoms with Gasteiger partial charge in [-0.1, -0.05) is 23.5 Å². The first-order chi connectivity index (χ1) is 10.0. The molecule has 3 rings (SSSR count). The summed E-state index contributed by atoms with van der Waals surface area (Å²) >= 11 is 1.31. The number of rotatable bonds is 3. The van der Waals surface area contributed by atoms with Crippen LogP contribution in [-0.4, -0.2) is 14.6 Å². The lowest BCUT2D eigenvalue weighted by atomic mass is 10.1. The first-order valence-corrected chi connectivity index (χ1v) is 7.21. The van der Waals surface area contributed by atoms with Crippen LogP contribution in [0.25, 0.3) is 4.96 Å². The summed E-state index contributed by atoms with van der Waals surface area (Å²) in [7, 11) is 0. The Labute approximate surface area is 124 Å². The summed E-state index contributed by atoms with van der Waals surface area (Å²) in [5, 5.41) is 7.92. The van der Waals surface area contributed by atoms with E-state index in [4.69, 9.17) is 0 Å². The highest BCUT2D eigenvalue weighted by Crippen LogP contribution is 2.18. The maximum atomic E-state index is 13.2. The number of hydrogen-bond donors (Lipinski definition) is 1. The third-order valence-electron chi connectivity index (χ3n) is 3.04. The molecule has 1 aromatic carbocycles. The molecule has 0 aliphatic heterocycles. The van der Waals surface area contributed by atoms with E-state index in [1.165, 1.54) is 28.0 Å². The van der Waals surface area contributed by atoms with Crippen LogP contribution in [0.4, 0.5) is 9.52 Å². The lowest BCUT2D eigenvalue weighted by Crippen LogP contribution is -2.14. The molecular formula is C14H13FN4OS. The van der Waals surface area contributed by atoms with E-state index < -0.39 is 0 Å². The number of nitrogens with zero attached hydrogens (tertiary/aromatic N) is 3. The molecule has 108 valence electrons. The van der Waals surface area contributed by atoms with Crippen molar-refractivity contribution in [2.24, 2.45) is 0 Å². The van der Waals surface area contributed by atoms with Gasteiger partial charge in [-0.3, -0.25) is 4.79 Å². The third kappa shape index (κ3) is 2.78. The second-order valence-corrected chi connectivity index (χ2v) is 5.73. The Morgan fingerprint density at radius 1 is 1.33 bits per heavy atom. The quantitative estimate of drug-likeness (QED) is 0.808.